The van der Waals surface area contributed by atoms with Crippen LogP contribution in [-0.4, -0.2) is 67.2 Å². The lowest BCUT2D eigenvalue weighted by Crippen LogP contribution is -2.40. The molecule has 2 heterocycles. The molecule has 0 bridgehead atoms. The number of methoxy groups -OCH3 is 1. The molecule has 1 aliphatic carbocycles. The molecule has 2 aromatic carbocycles. The van der Waals surface area contributed by atoms with E-state index in [2.05, 4.69) is 46.8 Å². The molecule has 1 aromatic heterocycles. The summed E-state index contributed by atoms with van der Waals surface area (Å²) >= 11 is 0. The molecule has 8 nitrogen and oxygen atoms in total. The summed E-state index contributed by atoms with van der Waals surface area (Å²) in [5.74, 6) is 2.49. The van der Waals surface area contributed by atoms with Crippen molar-refractivity contribution in [2.75, 3.05) is 45.8 Å². The molecule has 40 heavy (non-hydrogen) atoms. The van der Waals surface area contributed by atoms with Crippen molar-refractivity contribution in [2.24, 2.45) is 11.8 Å². The zero-order chi connectivity index (χ0) is 27.9. The average Bonchev–Trinajstić information content (AvgIpc) is 3.52. The Morgan fingerprint density at radius 2 is 1.70 bits per heavy atom. The molecule has 1 saturated carbocycles. The predicted molar refractivity (Wildman–Crippen MR) is 158 cm³/mol. The molecule has 3 aromatic rings. The fourth-order valence-electron chi connectivity index (χ4n) is 6.14. The lowest BCUT2D eigenvalue weighted by Gasteiger charge is -2.28. The summed E-state index contributed by atoms with van der Waals surface area (Å²) in [5, 5.41) is 11.2. The standard InChI is InChI=1S/C32H43N5O3/c1-23-30(34-32(38)33-29-21-25(16-19-39-3)20-28(29)26-10-6-4-7-11-26)37(27-12-8-5-9-13-27)35-31(23)40-22-24-14-17-36(2)18-15-24/h4-13,24-25,28-29H,14-22H2,1-3H3,(H2,33,34,38)/t25-,28-,29+/m0/s1. The highest BCUT2D eigenvalue weighted by Crippen LogP contribution is 2.40. The van der Waals surface area contributed by atoms with Gasteiger partial charge in [0.25, 0.3) is 0 Å². The van der Waals surface area contributed by atoms with Crippen LogP contribution >= 0.6 is 0 Å². The highest BCUT2D eigenvalue weighted by Gasteiger charge is 2.36. The Bertz CT molecular complexity index is 1220. The number of hydrogen-bond acceptors (Lipinski definition) is 5. The van der Waals surface area contributed by atoms with Crippen LogP contribution in [0.2, 0.25) is 0 Å². The zero-order valence-electron chi connectivity index (χ0n) is 24.0. The van der Waals surface area contributed by atoms with Crippen molar-refractivity contribution in [3.63, 3.8) is 0 Å². The molecule has 2 aliphatic rings. The second kappa shape index (κ2) is 13.3. The maximum atomic E-state index is 13.5. The topological polar surface area (TPSA) is 80.7 Å². The van der Waals surface area contributed by atoms with E-state index in [1.807, 2.05) is 43.3 Å². The number of para-hydroxylation sites is 1. The number of likely N-dealkylation sites (tertiary alicyclic amines) is 1. The second-order valence-corrected chi connectivity index (χ2v) is 11.4. The Labute approximate surface area is 238 Å². The van der Waals surface area contributed by atoms with Crippen LogP contribution in [-0.2, 0) is 4.74 Å². The van der Waals surface area contributed by atoms with E-state index in [4.69, 9.17) is 14.6 Å². The normalized spacial score (nSPS) is 21.8. The number of amides is 2. The number of piperidine rings is 1. The van der Waals surface area contributed by atoms with Crippen LogP contribution in [0.5, 0.6) is 5.88 Å². The number of anilines is 1. The van der Waals surface area contributed by atoms with Gasteiger partial charge < -0.3 is 19.7 Å². The van der Waals surface area contributed by atoms with Crippen LogP contribution in [0.3, 0.4) is 0 Å². The van der Waals surface area contributed by atoms with Crippen LogP contribution in [0.1, 0.15) is 49.1 Å². The Balaban J connectivity index is 1.32. The predicted octanol–water partition coefficient (Wildman–Crippen LogP) is 5.62. The molecule has 0 radical (unpaired) electrons. The monoisotopic (exact) mass is 545 g/mol. The third kappa shape index (κ3) is 6.85. The lowest BCUT2D eigenvalue weighted by atomic mass is 9.93. The van der Waals surface area contributed by atoms with Gasteiger partial charge in [0, 0.05) is 25.7 Å². The lowest BCUT2D eigenvalue weighted by molar-refractivity contribution is 0.156. The molecule has 0 unspecified atom stereocenters. The molecule has 1 saturated heterocycles. The van der Waals surface area contributed by atoms with Gasteiger partial charge in [-0.3, -0.25) is 5.32 Å². The number of carbonyl (C=O) groups is 1. The molecule has 1 aliphatic heterocycles. The molecule has 2 fully saturated rings. The van der Waals surface area contributed by atoms with Crippen molar-refractivity contribution >= 4 is 11.8 Å². The zero-order valence-corrected chi connectivity index (χ0v) is 24.0. The van der Waals surface area contributed by atoms with E-state index < -0.39 is 0 Å². The molecule has 5 rings (SSSR count). The van der Waals surface area contributed by atoms with E-state index in [-0.39, 0.29) is 18.0 Å². The van der Waals surface area contributed by atoms with Crippen molar-refractivity contribution in [1.82, 2.24) is 20.0 Å². The van der Waals surface area contributed by atoms with Gasteiger partial charge in [0.1, 0.15) is 5.82 Å². The van der Waals surface area contributed by atoms with Gasteiger partial charge in [0.05, 0.1) is 17.9 Å². The Morgan fingerprint density at radius 1 is 1.00 bits per heavy atom. The number of nitrogens with zero attached hydrogens (tertiary/aromatic N) is 3. The minimum atomic E-state index is -0.222. The molecule has 3 atom stereocenters. The van der Waals surface area contributed by atoms with E-state index in [1.54, 1.807) is 11.8 Å². The van der Waals surface area contributed by atoms with E-state index in [0.29, 0.717) is 30.1 Å². The first-order valence-corrected chi connectivity index (χ1v) is 14.6. The van der Waals surface area contributed by atoms with Crippen molar-refractivity contribution in [2.45, 2.75) is 51.0 Å². The minimum Gasteiger partial charge on any atom is -0.476 e. The maximum Gasteiger partial charge on any atom is 0.320 e. The summed E-state index contributed by atoms with van der Waals surface area (Å²) in [7, 11) is 3.91. The smallest absolute Gasteiger partial charge is 0.320 e. The first-order valence-electron chi connectivity index (χ1n) is 14.6. The highest BCUT2D eigenvalue weighted by molar-refractivity contribution is 5.90. The van der Waals surface area contributed by atoms with Crippen molar-refractivity contribution in [1.29, 1.82) is 0 Å². The van der Waals surface area contributed by atoms with Crippen LogP contribution in [0.25, 0.3) is 5.69 Å². The number of carbonyl (C=O) groups excluding carboxylic acids is 1. The summed E-state index contributed by atoms with van der Waals surface area (Å²) in [5.41, 5.74) is 2.97. The molecule has 0 spiro atoms. The van der Waals surface area contributed by atoms with Crippen molar-refractivity contribution in [3.05, 3.63) is 71.8 Å². The number of ether oxygens (including phenoxy) is 2. The number of urea groups is 1. The van der Waals surface area contributed by atoms with Crippen molar-refractivity contribution in [3.8, 4) is 11.6 Å². The number of benzene rings is 2. The molecule has 8 heteroatoms. The van der Waals surface area contributed by atoms with Gasteiger partial charge >= 0.3 is 6.03 Å². The SMILES string of the molecule is COCC[C@@H]1C[C@@H](NC(=O)Nc2c(C)c(OCC3CCN(C)CC3)nn2-c2ccccc2)[C@H](c2ccccc2)C1. The Hall–Kier alpha value is -3.36. The van der Waals surface area contributed by atoms with Crippen LogP contribution < -0.4 is 15.4 Å². The van der Waals surface area contributed by atoms with Gasteiger partial charge in [0.2, 0.25) is 5.88 Å². The number of rotatable bonds is 10. The highest BCUT2D eigenvalue weighted by atomic mass is 16.5. The first kappa shape index (κ1) is 28.2. The molecule has 214 valence electrons. The quantitative estimate of drug-likeness (QED) is 0.346. The maximum absolute atomic E-state index is 13.5. The Morgan fingerprint density at radius 3 is 2.40 bits per heavy atom. The largest absolute Gasteiger partial charge is 0.476 e. The van der Waals surface area contributed by atoms with E-state index >= 15 is 0 Å². The molecule has 2 amide bonds. The van der Waals surface area contributed by atoms with E-state index in [9.17, 15) is 4.79 Å². The number of aromatic nitrogens is 2. The van der Waals surface area contributed by atoms with Gasteiger partial charge in [-0.15, -0.1) is 5.10 Å². The van der Waals surface area contributed by atoms with E-state index in [1.165, 1.54) is 5.56 Å². The number of hydrogen-bond donors (Lipinski definition) is 2. The summed E-state index contributed by atoms with van der Waals surface area (Å²) in [6, 6.07) is 20.2. The molecular weight excluding hydrogens is 502 g/mol. The first-order chi connectivity index (χ1) is 19.5. The van der Waals surface area contributed by atoms with Gasteiger partial charge in [-0.1, -0.05) is 48.5 Å². The van der Waals surface area contributed by atoms with Gasteiger partial charge in [0.15, 0.2) is 0 Å². The third-order valence-corrected chi connectivity index (χ3v) is 8.54. The summed E-state index contributed by atoms with van der Waals surface area (Å²) in [6.45, 7) is 5.53. The van der Waals surface area contributed by atoms with Crippen LogP contribution in [0.15, 0.2) is 60.7 Å². The number of nitrogens with one attached hydrogen (secondary N) is 2. The molecule has 2 N–H and O–H groups in total. The third-order valence-electron chi connectivity index (χ3n) is 8.54. The average molecular weight is 546 g/mol. The van der Waals surface area contributed by atoms with E-state index in [0.717, 1.165) is 63.1 Å². The minimum absolute atomic E-state index is 0.0396. The van der Waals surface area contributed by atoms with Gasteiger partial charge in [-0.2, -0.15) is 0 Å². The Kier molecular flexibility index (Phi) is 9.39. The fourth-order valence-corrected chi connectivity index (χ4v) is 6.14. The van der Waals surface area contributed by atoms with Crippen LogP contribution in [0, 0.1) is 18.8 Å². The summed E-state index contributed by atoms with van der Waals surface area (Å²) in [6.07, 6.45) is 5.21. The summed E-state index contributed by atoms with van der Waals surface area (Å²) in [4.78, 5) is 15.9. The van der Waals surface area contributed by atoms with Crippen LogP contribution in [0.4, 0.5) is 10.6 Å². The van der Waals surface area contributed by atoms with Gasteiger partial charge in [-0.05, 0) is 88.7 Å². The molecular formula is C32H43N5O3. The summed E-state index contributed by atoms with van der Waals surface area (Å²) < 4.78 is 13.4. The second-order valence-electron chi connectivity index (χ2n) is 11.4. The fraction of sp³-hybridized carbons (Fsp3) is 0.500. The van der Waals surface area contributed by atoms with Crippen molar-refractivity contribution < 1.29 is 14.3 Å². The van der Waals surface area contributed by atoms with Gasteiger partial charge in [-0.25, -0.2) is 9.48 Å².